The summed E-state index contributed by atoms with van der Waals surface area (Å²) in [4.78, 5) is 30.6. The predicted octanol–water partition coefficient (Wildman–Crippen LogP) is 2.33. The van der Waals surface area contributed by atoms with E-state index in [9.17, 15) is 9.59 Å². The molecule has 0 unspecified atom stereocenters. The molecule has 3 heterocycles. The molecule has 1 spiro atoms. The average molecular weight is 330 g/mol. The van der Waals surface area contributed by atoms with E-state index in [2.05, 4.69) is 15.5 Å². The molecule has 1 aliphatic carbocycles. The van der Waals surface area contributed by atoms with Crippen LogP contribution in [-0.4, -0.2) is 32.5 Å². The Labute approximate surface area is 138 Å². The van der Waals surface area contributed by atoms with E-state index < -0.39 is 11.6 Å². The van der Waals surface area contributed by atoms with Crippen molar-refractivity contribution in [3.05, 3.63) is 24.3 Å². The van der Waals surface area contributed by atoms with Gasteiger partial charge in [0.15, 0.2) is 5.76 Å². The first-order valence-electron chi connectivity index (χ1n) is 8.11. The van der Waals surface area contributed by atoms with Gasteiger partial charge in [-0.1, -0.05) is 24.9 Å². The van der Waals surface area contributed by atoms with Crippen molar-refractivity contribution in [3.8, 4) is 11.6 Å². The Kier molecular flexibility index (Phi) is 3.40. The number of urea groups is 1. The molecule has 2 aromatic rings. The Morgan fingerprint density at radius 1 is 1.42 bits per heavy atom. The second kappa shape index (κ2) is 5.47. The van der Waals surface area contributed by atoms with Gasteiger partial charge in [0.25, 0.3) is 5.91 Å². The van der Waals surface area contributed by atoms with Crippen LogP contribution in [0.15, 0.2) is 27.3 Å². The van der Waals surface area contributed by atoms with Crippen molar-refractivity contribution in [2.75, 3.05) is 0 Å². The number of aromatic nitrogens is 2. The van der Waals surface area contributed by atoms with Crippen LogP contribution in [0.25, 0.3) is 11.6 Å². The van der Waals surface area contributed by atoms with Crippen LogP contribution in [0.1, 0.15) is 38.5 Å². The highest BCUT2D eigenvalue weighted by molar-refractivity contribution is 6.07. The third kappa shape index (κ3) is 2.21. The summed E-state index contributed by atoms with van der Waals surface area (Å²) in [5.74, 6) is 0.888. The Morgan fingerprint density at radius 3 is 3.04 bits per heavy atom. The molecule has 2 aromatic heterocycles. The van der Waals surface area contributed by atoms with Gasteiger partial charge < -0.3 is 14.3 Å². The van der Waals surface area contributed by atoms with Crippen molar-refractivity contribution in [1.82, 2.24) is 20.4 Å². The smallest absolute Gasteiger partial charge is 0.325 e. The highest BCUT2D eigenvalue weighted by atomic mass is 16.5. The molecule has 24 heavy (non-hydrogen) atoms. The predicted molar refractivity (Wildman–Crippen MR) is 81.4 cm³/mol. The maximum Gasteiger partial charge on any atom is 0.325 e. The van der Waals surface area contributed by atoms with Crippen molar-refractivity contribution >= 4 is 11.9 Å². The van der Waals surface area contributed by atoms with E-state index in [1.165, 1.54) is 11.2 Å². The van der Waals surface area contributed by atoms with Gasteiger partial charge in [0.05, 0.1) is 6.26 Å². The zero-order valence-electron chi connectivity index (χ0n) is 13.3. The van der Waals surface area contributed by atoms with Gasteiger partial charge in [-0.3, -0.25) is 9.69 Å². The molecule has 0 bridgehead atoms. The lowest BCUT2D eigenvalue weighted by Crippen LogP contribution is -2.53. The summed E-state index contributed by atoms with van der Waals surface area (Å²) in [7, 11) is 0. The molecule has 2 fully saturated rings. The number of nitrogens with one attached hydrogen (secondary N) is 1. The highest BCUT2D eigenvalue weighted by Gasteiger charge is 2.55. The van der Waals surface area contributed by atoms with Gasteiger partial charge in [-0.05, 0) is 30.9 Å². The average Bonchev–Trinajstić information content (AvgIpc) is 3.28. The second-order valence-corrected chi connectivity index (χ2v) is 6.43. The molecule has 2 aliphatic rings. The van der Waals surface area contributed by atoms with E-state index in [1.54, 1.807) is 12.1 Å². The summed E-state index contributed by atoms with van der Waals surface area (Å²) in [6.45, 7) is 1.98. The lowest BCUT2D eigenvalue weighted by atomic mass is 9.73. The molecule has 1 N–H and O–H groups in total. The molecule has 126 valence electrons. The van der Waals surface area contributed by atoms with Crippen molar-refractivity contribution in [2.45, 2.75) is 44.7 Å². The lowest BCUT2D eigenvalue weighted by molar-refractivity contribution is -0.134. The van der Waals surface area contributed by atoms with Crippen LogP contribution in [0.4, 0.5) is 4.79 Å². The van der Waals surface area contributed by atoms with Crippen LogP contribution >= 0.6 is 0 Å². The minimum atomic E-state index is -0.779. The third-order valence-corrected chi connectivity index (χ3v) is 5.00. The summed E-state index contributed by atoms with van der Waals surface area (Å²) < 4.78 is 10.4. The van der Waals surface area contributed by atoms with Crippen LogP contribution in [0.2, 0.25) is 0 Å². The molecular formula is C16H18N4O4. The van der Waals surface area contributed by atoms with Gasteiger partial charge in [-0.2, -0.15) is 4.98 Å². The number of hydrogen-bond acceptors (Lipinski definition) is 6. The van der Waals surface area contributed by atoms with Crippen LogP contribution in [0.5, 0.6) is 0 Å². The van der Waals surface area contributed by atoms with E-state index in [-0.39, 0.29) is 24.3 Å². The SMILES string of the molecule is C[C@H]1CCCC[C@@]12NC(=O)N(Cc1nc(-c3ccco3)no1)C2=O. The number of nitrogens with zero attached hydrogens (tertiary/aromatic N) is 3. The summed E-state index contributed by atoms with van der Waals surface area (Å²) in [6, 6.07) is 3.03. The van der Waals surface area contributed by atoms with Crippen molar-refractivity contribution in [2.24, 2.45) is 5.92 Å². The van der Waals surface area contributed by atoms with Gasteiger partial charge in [-0.15, -0.1) is 0 Å². The fourth-order valence-corrected chi connectivity index (χ4v) is 3.60. The molecule has 8 nitrogen and oxygen atoms in total. The molecule has 0 aromatic carbocycles. The Morgan fingerprint density at radius 2 is 2.29 bits per heavy atom. The number of imide groups is 1. The molecule has 0 radical (unpaired) electrons. The Balaban J connectivity index is 1.55. The van der Waals surface area contributed by atoms with Gasteiger partial charge in [0.2, 0.25) is 11.7 Å². The van der Waals surface area contributed by atoms with Crippen LogP contribution in [-0.2, 0) is 11.3 Å². The van der Waals surface area contributed by atoms with Crippen molar-refractivity contribution < 1.29 is 18.5 Å². The van der Waals surface area contributed by atoms with Gasteiger partial charge >= 0.3 is 6.03 Å². The zero-order valence-corrected chi connectivity index (χ0v) is 13.3. The van der Waals surface area contributed by atoms with E-state index in [4.69, 9.17) is 8.94 Å². The number of carbonyl (C=O) groups is 2. The standard InChI is InChI=1S/C16H18N4O4/c1-10-5-2-3-7-16(10)14(21)20(15(22)18-16)9-12-17-13(19-24-12)11-6-4-8-23-11/h4,6,8,10H,2-3,5,7,9H2,1H3,(H,18,22)/t10-,16+/m0/s1. The number of carbonyl (C=O) groups excluding carboxylic acids is 2. The first kappa shape index (κ1) is 14.9. The normalized spacial score (nSPS) is 27.0. The van der Waals surface area contributed by atoms with Crippen molar-refractivity contribution in [3.63, 3.8) is 0 Å². The highest BCUT2D eigenvalue weighted by Crippen LogP contribution is 2.38. The summed E-state index contributed by atoms with van der Waals surface area (Å²) >= 11 is 0. The van der Waals surface area contributed by atoms with Crippen molar-refractivity contribution in [1.29, 1.82) is 0 Å². The monoisotopic (exact) mass is 330 g/mol. The largest absolute Gasteiger partial charge is 0.461 e. The minimum Gasteiger partial charge on any atom is -0.461 e. The first-order chi connectivity index (χ1) is 11.6. The number of furan rings is 1. The molecule has 8 heteroatoms. The molecule has 1 saturated heterocycles. The molecular weight excluding hydrogens is 312 g/mol. The maximum absolute atomic E-state index is 12.9. The molecule has 1 aliphatic heterocycles. The number of rotatable bonds is 3. The molecule has 3 amide bonds. The van der Waals surface area contributed by atoms with E-state index in [0.29, 0.717) is 18.0 Å². The van der Waals surface area contributed by atoms with E-state index in [1.807, 2.05) is 6.92 Å². The third-order valence-electron chi connectivity index (χ3n) is 5.00. The summed E-state index contributed by atoms with van der Waals surface area (Å²) in [5, 5.41) is 6.72. The van der Waals surface area contributed by atoms with Gasteiger partial charge in [0, 0.05) is 0 Å². The summed E-state index contributed by atoms with van der Waals surface area (Å²) in [6.07, 6.45) is 5.15. The number of amides is 3. The Hall–Kier alpha value is -2.64. The van der Waals surface area contributed by atoms with Crippen LogP contribution < -0.4 is 5.32 Å². The van der Waals surface area contributed by atoms with E-state index in [0.717, 1.165) is 19.3 Å². The summed E-state index contributed by atoms with van der Waals surface area (Å²) in [5.41, 5.74) is -0.779. The molecule has 1 saturated carbocycles. The first-order valence-corrected chi connectivity index (χ1v) is 8.11. The quantitative estimate of drug-likeness (QED) is 0.867. The van der Waals surface area contributed by atoms with Crippen LogP contribution in [0.3, 0.4) is 0 Å². The second-order valence-electron chi connectivity index (χ2n) is 6.43. The Bertz CT molecular complexity index is 769. The van der Waals surface area contributed by atoms with Gasteiger partial charge in [-0.25, -0.2) is 4.79 Å². The maximum atomic E-state index is 12.9. The van der Waals surface area contributed by atoms with Crippen LogP contribution in [0, 0.1) is 5.92 Å². The lowest BCUT2D eigenvalue weighted by Gasteiger charge is -2.36. The number of hydrogen-bond donors (Lipinski definition) is 1. The molecule has 4 rings (SSSR count). The van der Waals surface area contributed by atoms with E-state index >= 15 is 0 Å². The zero-order chi connectivity index (χ0) is 16.7. The molecule has 2 atom stereocenters. The fourth-order valence-electron chi connectivity index (χ4n) is 3.60. The topological polar surface area (TPSA) is 101 Å². The fraction of sp³-hybridized carbons (Fsp3) is 0.500. The minimum absolute atomic E-state index is 0.0349. The van der Waals surface area contributed by atoms with Gasteiger partial charge in [0.1, 0.15) is 12.1 Å².